The number of anilines is 2. The Morgan fingerprint density at radius 1 is 1.29 bits per heavy atom. The van der Waals surface area contributed by atoms with Crippen molar-refractivity contribution in [1.82, 2.24) is 0 Å². The molecule has 1 atom stereocenters. The van der Waals surface area contributed by atoms with Crippen LogP contribution in [0.25, 0.3) is 0 Å². The molecule has 1 heterocycles. The average molecular weight is 303 g/mol. The summed E-state index contributed by atoms with van der Waals surface area (Å²) in [6, 6.07) is 10.8. The first-order valence-corrected chi connectivity index (χ1v) is 7.03. The molecule has 3 N–H and O–H groups in total. The van der Waals surface area contributed by atoms with E-state index < -0.39 is 6.10 Å². The third-order valence-corrected chi connectivity index (χ3v) is 3.77. The number of carbonyl (C=O) groups excluding carboxylic acids is 1. The van der Waals surface area contributed by atoms with Gasteiger partial charge >= 0.3 is 0 Å². The lowest BCUT2D eigenvalue weighted by atomic mass is 10.0. The molecule has 4 nitrogen and oxygen atoms in total. The second kappa shape index (κ2) is 5.30. The van der Waals surface area contributed by atoms with Crippen molar-refractivity contribution in [2.24, 2.45) is 0 Å². The molecule has 3 rings (SSSR count). The quantitative estimate of drug-likeness (QED) is 0.838. The summed E-state index contributed by atoms with van der Waals surface area (Å²) >= 11 is 5.95. The van der Waals surface area contributed by atoms with Crippen molar-refractivity contribution in [2.45, 2.75) is 19.4 Å². The van der Waals surface area contributed by atoms with Crippen LogP contribution >= 0.6 is 11.6 Å². The maximum atomic E-state index is 12.1. The van der Waals surface area contributed by atoms with Gasteiger partial charge in [-0.25, -0.2) is 0 Å². The fourth-order valence-corrected chi connectivity index (χ4v) is 2.61. The van der Waals surface area contributed by atoms with E-state index in [9.17, 15) is 4.79 Å². The minimum absolute atomic E-state index is 0.151. The van der Waals surface area contributed by atoms with Crippen molar-refractivity contribution < 1.29 is 9.53 Å². The van der Waals surface area contributed by atoms with Gasteiger partial charge in [0.25, 0.3) is 5.91 Å². The van der Waals surface area contributed by atoms with E-state index in [-0.39, 0.29) is 5.91 Å². The van der Waals surface area contributed by atoms with E-state index in [1.165, 1.54) is 0 Å². The van der Waals surface area contributed by atoms with Gasteiger partial charge in [-0.1, -0.05) is 17.7 Å². The second-order valence-electron chi connectivity index (χ2n) is 5.13. The van der Waals surface area contributed by atoms with E-state index in [1.54, 1.807) is 18.2 Å². The molecule has 0 saturated carbocycles. The van der Waals surface area contributed by atoms with E-state index in [4.69, 9.17) is 22.1 Å². The number of benzene rings is 2. The van der Waals surface area contributed by atoms with Crippen molar-refractivity contribution in [2.75, 3.05) is 11.1 Å². The van der Waals surface area contributed by atoms with Gasteiger partial charge in [0.2, 0.25) is 0 Å². The third kappa shape index (κ3) is 2.81. The number of nitrogens with one attached hydrogen (secondary N) is 1. The predicted molar refractivity (Wildman–Crippen MR) is 83.8 cm³/mol. The molecular weight excluding hydrogens is 288 g/mol. The van der Waals surface area contributed by atoms with Crippen LogP contribution in [0.5, 0.6) is 5.75 Å². The van der Waals surface area contributed by atoms with Crippen molar-refractivity contribution in [3.63, 3.8) is 0 Å². The Kier molecular flexibility index (Phi) is 3.47. The number of amides is 1. The molecule has 0 fully saturated rings. The summed E-state index contributed by atoms with van der Waals surface area (Å²) in [4.78, 5) is 12.1. The van der Waals surface area contributed by atoms with Gasteiger partial charge in [0.05, 0.1) is 5.69 Å². The van der Waals surface area contributed by atoms with Crippen LogP contribution in [0.4, 0.5) is 11.4 Å². The third-order valence-electron chi connectivity index (χ3n) is 3.54. The topological polar surface area (TPSA) is 64.3 Å². The molecule has 0 spiro atoms. The standard InChI is InChI=1S/C16H15ClN2O2/c1-9-6-11(17)3-2-10(9)7-15-16(20)19-13-5-4-12(18)8-14(13)21-15/h2-6,8,15H,7,18H2,1H3,(H,19,20). The van der Waals surface area contributed by atoms with Crippen LogP contribution in [0.3, 0.4) is 0 Å². The Hall–Kier alpha value is -2.20. The molecule has 0 aromatic heterocycles. The van der Waals surface area contributed by atoms with Crippen molar-refractivity contribution in [1.29, 1.82) is 0 Å². The lowest BCUT2D eigenvalue weighted by Gasteiger charge is -2.26. The highest BCUT2D eigenvalue weighted by Crippen LogP contribution is 2.32. The number of nitrogen functional groups attached to an aromatic ring is 1. The first-order chi connectivity index (χ1) is 10.0. The minimum atomic E-state index is -0.570. The van der Waals surface area contributed by atoms with Gasteiger partial charge in [0.15, 0.2) is 6.10 Å². The van der Waals surface area contributed by atoms with Gasteiger partial charge in [-0.15, -0.1) is 0 Å². The Balaban J connectivity index is 1.85. The van der Waals surface area contributed by atoms with Crippen LogP contribution in [0.1, 0.15) is 11.1 Å². The van der Waals surface area contributed by atoms with Gasteiger partial charge in [-0.05, 0) is 42.3 Å². The summed E-state index contributed by atoms with van der Waals surface area (Å²) in [5.41, 5.74) is 9.08. The number of nitrogens with two attached hydrogens (primary N) is 1. The fraction of sp³-hybridized carbons (Fsp3) is 0.188. The van der Waals surface area contributed by atoms with Crippen molar-refractivity contribution in [3.05, 3.63) is 52.5 Å². The molecule has 21 heavy (non-hydrogen) atoms. The lowest BCUT2D eigenvalue weighted by Crippen LogP contribution is -2.38. The van der Waals surface area contributed by atoms with Gasteiger partial charge in [0.1, 0.15) is 5.75 Å². The van der Waals surface area contributed by atoms with Crippen LogP contribution in [0, 0.1) is 6.92 Å². The van der Waals surface area contributed by atoms with E-state index >= 15 is 0 Å². The molecule has 1 aliphatic rings. The van der Waals surface area contributed by atoms with Gasteiger partial charge in [-0.3, -0.25) is 4.79 Å². The summed E-state index contributed by atoms with van der Waals surface area (Å²) in [6.07, 6.45) is -0.0810. The van der Waals surface area contributed by atoms with Crippen molar-refractivity contribution >= 4 is 28.9 Å². The van der Waals surface area contributed by atoms with Gasteiger partial charge < -0.3 is 15.8 Å². The number of hydrogen-bond donors (Lipinski definition) is 2. The number of hydrogen-bond acceptors (Lipinski definition) is 3. The number of aryl methyl sites for hydroxylation is 1. The average Bonchev–Trinajstić information content (AvgIpc) is 2.43. The zero-order chi connectivity index (χ0) is 15.0. The normalized spacial score (nSPS) is 16.9. The zero-order valence-corrected chi connectivity index (χ0v) is 12.3. The number of halogens is 1. The zero-order valence-electron chi connectivity index (χ0n) is 11.5. The molecule has 0 saturated heterocycles. The molecule has 0 radical (unpaired) electrons. The van der Waals surface area contributed by atoms with E-state index in [2.05, 4.69) is 5.32 Å². The van der Waals surface area contributed by atoms with Crippen molar-refractivity contribution in [3.8, 4) is 5.75 Å². The molecule has 1 unspecified atom stereocenters. The molecule has 1 aliphatic heterocycles. The smallest absolute Gasteiger partial charge is 0.265 e. The fourth-order valence-electron chi connectivity index (χ4n) is 2.38. The summed E-state index contributed by atoms with van der Waals surface area (Å²) in [6.45, 7) is 1.97. The molecule has 5 heteroatoms. The van der Waals surface area contributed by atoms with E-state index in [0.29, 0.717) is 28.6 Å². The molecule has 108 valence electrons. The summed E-state index contributed by atoms with van der Waals surface area (Å²) in [5, 5.41) is 3.53. The van der Waals surface area contributed by atoms with E-state index in [1.807, 2.05) is 25.1 Å². The molecular formula is C16H15ClN2O2. The van der Waals surface area contributed by atoms with Crippen LogP contribution < -0.4 is 15.8 Å². The molecule has 2 aromatic carbocycles. The first kappa shape index (κ1) is 13.8. The predicted octanol–water partition coefficient (Wildman–Crippen LogP) is 3.17. The SMILES string of the molecule is Cc1cc(Cl)ccc1CC1Oc2cc(N)ccc2NC1=O. The number of carbonyl (C=O) groups is 1. The monoisotopic (exact) mass is 302 g/mol. The Labute approximate surface area is 127 Å². The number of ether oxygens (including phenoxy) is 1. The molecule has 1 amide bonds. The highest BCUT2D eigenvalue weighted by atomic mass is 35.5. The highest BCUT2D eigenvalue weighted by molar-refractivity contribution is 6.30. The summed E-state index contributed by atoms with van der Waals surface area (Å²) in [7, 11) is 0. The maximum Gasteiger partial charge on any atom is 0.265 e. The largest absolute Gasteiger partial charge is 0.478 e. The highest BCUT2D eigenvalue weighted by Gasteiger charge is 2.28. The molecule has 0 aliphatic carbocycles. The van der Waals surface area contributed by atoms with Gasteiger partial charge in [-0.2, -0.15) is 0 Å². The Morgan fingerprint density at radius 2 is 2.10 bits per heavy atom. The number of rotatable bonds is 2. The minimum Gasteiger partial charge on any atom is -0.478 e. The van der Waals surface area contributed by atoms with E-state index in [0.717, 1.165) is 11.1 Å². The van der Waals surface area contributed by atoms with Crippen LogP contribution in [0.15, 0.2) is 36.4 Å². The maximum absolute atomic E-state index is 12.1. The first-order valence-electron chi connectivity index (χ1n) is 6.65. The van der Waals surface area contributed by atoms with Gasteiger partial charge in [0, 0.05) is 23.2 Å². The number of fused-ring (bicyclic) bond motifs is 1. The van der Waals surface area contributed by atoms with Crippen LogP contribution in [-0.2, 0) is 11.2 Å². The van der Waals surface area contributed by atoms with Crippen LogP contribution in [0.2, 0.25) is 5.02 Å². The molecule has 2 aromatic rings. The second-order valence-corrected chi connectivity index (χ2v) is 5.56. The summed E-state index contributed by atoms with van der Waals surface area (Å²) in [5.74, 6) is 0.452. The molecule has 0 bridgehead atoms. The summed E-state index contributed by atoms with van der Waals surface area (Å²) < 4.78 is 5.79. The van der Waals surface area contributed by atoms with Crippen LogP contribution in [-0.4, -0.2) is 12.0 Å². The lowest BCUT2D eigenvalue weighted by molar-refractivity contribution is -0.123. The Bertz CT molecular complexity index is 715. The Morgan fingerprint density at radius 3 is 2.86 bits per heavy atom.